The fourth-order valence-electron chi connectivity index (χ4n) is 3.71. The van der Waals surface area contributed by atoms with Crippen molar-refractivity contribution in [3.05, 3.63) is 29.8 Å². The highest BCUT2D eigenvalue weighted by Crippen LogP contribution is 2.18. The Balaban J connectivity index is 0.00000300. The fourth-order valence-corrected chi connectivity index (χ4v) is 3.71. The predicted octanol–water partition coefficient (Wildman–Crippen LogP) is 3.62. The summed E-state index contributed by atoms with van der Waals surface area (Å²) in [7, 11) is 1.84. The average Bonchev–Trinajstić information content (AvgIpc) is 3.23. The van der Waals surface area contributed by atoms with Gasteiger partial charge in [-0.25, -0.2) is 0 Å². The smallest absolute Gasteiger partial charge is 0.193 e. The van der Waals surface area contributed by atoms with Crippen LogP contribution in [0, 0.1) is 6.92 Å². The van der Waals surface area contributed by atoms with Crippen LogP contribution in [0.3, 0.4) is 0 Å². The molecule has 1 N–H and O–H groups in total. The molecule has 7 heteroatoms. The van der Waals surface area contributed by atoms with E-state index in [9.17, 15) is 0 Å². The highest BCUT2D eigenvalue weighted by Gasteiger charge is 2.24. The number of ether oxygens (including phenoxy) is 3. The van der Waals surface area contributed by atoms with Crippen LogP contribution in [-0.2, 0) is 9.47 Å². The molecule has 164 valence electrons. The standard InChI is InChI=1S/C22H35N3O3.HI/c1-17-6-8-20(9-7-17)28-18(2)15-24-22(23-3)25-12-10-19(11-13-25)27-16-21-5-4-14-26-21;/h6-9,18-19,21H,4-5,10-16H2,1-3H3,(H,23,24);1H. The summed E-state index contributed by atoms with van der Waals surface area (Å²) in [5.41, 5.74) is 1.24. The summed E-state index contributed by atoms with van der Waals surface area (Å²) in [4.78, 5) is 6.76. The van der Waals surface area contributed by atoms with Gasteiger partial charge in [0.25, 0.3) is 0 Å². The molecule has 2 saturated heterocycles. The van der Waals surface area contributed by atoms with Crippen LogP contribution in [0.5, 0.6) is 5.75 Å². The molecule has 3 rings (SSSR count). The first kappa shape index (κ1) is 24.2. The molecule has 29 heavy (non-hydrogen) atoms. The van der Waals surface area contributed by atoms with Crippen molar-refractivity contribution in [1.29, 1.82) is 0 Å². The van der Waals surface area contributed by atoms with Crippen LogP contribution in [0.15, 0.2) is 29.3 Å². The van der Waals surface area contributed by atoms with E-state index in [0.717, 1.165) is 63.8 Å². The number of benzene rings is 1. The lowest BCUT2D eigenvalue weighted by Gasteiger charge is -2.34. The topological polar surface area (TPSA) is 55.3 Å². The molecule has 6 nitrogen and oxygen atoms in total. The Morgan fingerprint density at radius 2 is 1.97 bits per heavy atom. The maximum absolute atomic E-state index is 6.07. The van der Waals surface area contributed by atoms with Crippen LogP contribution in [0.1, 0.15) is 38.2 Å². The van der Waals surface area contributed by atoms with Crippen LogP contribution in [0.4, 0.5) is 0 Å². The fraction of sp³-hybridized carbons (Fsp3) is 0.682. The van der Waals surface area contributed by atoms with E-state index in [0.29, 0.717) is 12.2 Å². The SMILES string of the molecule is CN=C(NCC(C)Oc1ccc(C)cc1)N1CCC(OCC2CCCO2)CC1.I. The molecule has 0 saturated carbocycles. The first-order chi connectivity index (χ1) is 13.6. The lowest BCUT2D eigenvalue weighted by atomic mass is 10.1. The minimum absolute atomic E-state index is 0. The van der Waals surface area contributed by atoms with Gasteiger partial charge in [0, 0.05) is 26.7 Å². The van der Waals surface area contributed by atoms with Gasteiger partial charge in [-0.2, -0.15) is 0 Å². The average molecular weight is 517 g/mol. The number of rotatable bonds is 7. The summed E-state index contributed by atoms with van der Waals surface area (Å²) in [5, 5.41) is 3.45. The molecule has 1 aromatic rings. The molecule has 2 unspecified atom stereocenters. The molecule has 2 heterocycles. The molecule has 0 spiro atoms. The zero-order valence-electron chi connectivity index (χ0n) is 17.9. The molecule has 0 radical (unpaired) electrons. The molecule has 0 amide bonds. The van der Waals surface area contributed by atoms with Gasteiger partial charge in [0.15, 0.2) is 5.96 Å². The third-order valence-corrected chi connectivity index (χ3v) is 5.40. The molecule has 2 atom stereocenters. The number of aryl methyl sites for hydroxylation is 1. The van der Waals surface area contributed by atoms with Crippen molar-refractivity contribution in [2.45, 2.75) is 57.8 Å². The minimum Gasteiger partial charge on any atom is -0.489 e. The molecule has 0 aliphatic carbocycles. The van der Waals surface area contributed by atoms with Crippen molar-refractivity contribution in [1.82, 2.24) is 10.2 Å². The first-order valence-electron chi connectivity index (χ1n) is 10.6. The van der Waals surface area contributed by atoms with Crippen molar-refractivity contribution < 1.29 is 14.2 Å². The Morgan fingerprint density at radius 3 is 2.59 bits per heavy atom. The van der Waals surface area contributed by atoms with Gasteiger partial charge in [-0.3, -0.25) is 4.99 Å². The number of hydrogen-bond acceptors (Lipinski definition) is 4. The van der Waals surface area contributed by atoms with E-state index in [2.05, 4.69) is 41.2 Å². The minimum atomic E-state index is 0. The van der Waals surface area contributed by atoms with Gasteiger partial charge in [0.2, 0.25) is 0 Å². The molecular formula is C22H36IN3O3. The molecular weight excluding hydrogens is 481 g/mol. The second-order valence-corrected chi connectivity index (χ2v) is 7.82. The summed E-state index contributed by atoms with van der Waals surface area (Å²) >= 11 is 0. The van der Waals surface area contributed by atoms with Gasteiger partial charge >= 0.3 is 0 Å². The largest absolute Gasteiger partial charge is 0.489 e. The summed E-state index contributed by atoms with van der Waals surface area (Å²) in [6.07, 6.45) is 5.07. The summed E-state index contributed by atoms with van der Waals surface area (Å²) < 4.78 is 17.7. The Hall–Kier alpha value is -1.06. The number of nitrogens with zero attached hydrogens (tertiary/aromatic N) is 2. The number of nitrogens with one attached hydrogen (secondary N) is 1. The van der Waals surface area contributed by atoms with E-state index in [1.165, 1.54) is 12.0 Å². The highest BCUT2D eigenvalue weighted by molar-refractivity contribution is 14.0. The Kier molecular flexibility index (Phi) is 10.5. The van der Waals surface area contributed by atoms with E-state index in [1.807, 2.05) is 19.2 Å². The third kappa shape index (κ3) is 7.94. The van der Waals surface area contributed by atoms with Crippen LogP contribution < -0.4 is 10.1 Å². The second kappa shape index (κ2) is 12.6. The Morgan fingerprint density at radius 1 is 1.24 bits per heavy atom. The maximum atomic E-state index is 6.07. The number of hydrogen-bond donors (Lipinski definition) is 1. The van der Waals surface area contributed by atoms with Gasteiger partial charge in [0.1, 0.15) is 11.9 Å². The summed E-state index contributed by atoms with van der Waals surface area (Å²) in [5.74, 6) is 1.84. The molecule has 2 aliphatic rings. The van der Waals surface area contributed by atoms with Crippen LogP contribution in [0.2, 0.25) is 0 Å². The number of guanidine groups is 1. The summed E-state index contributed by atoms with van der Waals surface area (Å²) in [6.45, 7) is 8.43. The van der Waals surface area contributed by atoms with Crippen LogP contribution >= 0.6 is 24.0 Å². The van der Waals surface area contributed by atoms with Crippen molar-refractivity contribution in [3.63, 3.8) is 0 Å². The quantitative estimate of drug-likeness (QED) is 0.340. The zero-order chi connectivity index (χ0) is 19.8. The van der Waals surface area contributed by atoms with Gasteiger partial charge in [-0.15, -0.1) is 24.0 Å². The van der Waals surface area contributed by atoms with Crippen LogP contribution in [-0.4, -0.2) is 69.1 Å². The number of likely N-dealkylation sites (tertiary alicyclic amines) is 1. The molecule has 1 aromatic carbocycles. The Bertz CT molecular complexity index is 612. The van der Waals surface area contributed by atoms with Crippen molar-refractivity contribution in [3.8, 4) is 5.75 Å². The van der Waals surface area contributed by atoms with Crippen molar-refractivity contribution >= 4 is 29.9 Å². The van der Waals surface area contributed by atoms with Crippen molar-refractivity contribution in [2.24, 2.45) is 4.99 Å². The summed E-state index contributed by atoms with van der Waals surface area (Å²) in [6, 6.07) is 8.17. The zero-order valence-corrected chi connectivity index (χ0v) is 20.3. The van der Waals surface area contributed by atoms with Gasteiger partial charge in [-0.05, 0) is 51.7 Å². The van der Waals surface area contributed by atoms with E-state index in [1.54, 1.807) is 0 Å². The Labute approximate surface area is 192 Å². The molecule has 0 bridgehead atoms. The van der Waals surface area contributed by atoms with E-state index >= 15 is 0 Å². The van der Waals surface area contributed by atoms with Gasteiger partial charge in [0.05, 0.1) is 25.4 Å². The van der Waals surface area contributed by atoms with Crippen LogP contribution in [0.25, 0.3) is 0 Å². The molecule has 0 aromatic heterocycles. The molecule has 2 aliphatic heterocycles. The van der Waals surface area contributed by atoms with Gasteiger partial charge in [-0.1, -0.05) is 17.7 Å². The maximum Gasteiger partial charge on any atom is 0.193 e. The van der Waals surface area contributed by atoms with E-state index < -0.39 is 0 Å². The molecule has 2 fully saturated rings. The lowest BCUT2D eigenvalue weighted by molar-refractivity contribution is -0.0367. The second-order valence-electron chi connectivity index (χ2n) is 7.82. The van der Waals surface area contributed by atoms with E-state index in [4.69, 9.17) is 14.2 Å². The number of piperidine rings is 1. The monoisotopic (exact) mass is 517 g/mol. The number of aliphatic imine (C=N–C) groups is 1. The lowest BCUT2D eigenvalue weighted by Crippen LogP contribution is -2.49. The van der Waals surface area contributed by atoms with Gasteiger partial charge < -0.3 is 24.4 Å². The predicted molar refractivity (Wildman–Crippen MR) is 128 cm³/mol. The first-order valence-corrected chi connectivity index (χ1v) is 10.6. The van der Waals surface area contributed by atoms with E-state index in [-0.39, 0.29) is 30.1 Å². The highest BCUT2D eigenvalue weighted by atomic mass is 127. The third-order valence-electron chi connectivity index (χ3n) is 5.40. The normalized spacial score (nSPS) is 21.6. The van der Waals surface area contributed by atoms with Crippen molar-refractivity contribution in [2.75, 3.05) is 39.9 Å². The number of halogens is 1.